The Morgan fingerprint density at radius 1 is 1.77 bits per heavy atom. The highest BCUT2D eigenvalue weighted by atomic mass is 16.2. The van der Waals surface area contributed by atoms with Crippen molar-refractivity contribution < 1.29 is 4.79 Å². The number of nitrogens with one attached hydrogen (secondary N) is 2. The van der Waals surface area contributed by atoms with Crippen molar-refractivity contribution in [2.24, 2.45) is 5.84 Å². The van der Waals surface area contributed by atoms with Gasteiger partial charge < -0.3 is 9.88 Å². The number of amides is 2. The normalized spacial score (nSPS) is 9.69. The first kappa shape index (κ1) is 9.60. The van der Waals surface area contributed by atoms with Gasteiger partial charge in [0.2, 0.25) is 0 Å². The van der Waals surface area contributed by atoms with Crippen LogP contribution in [0.1, 0.15) is 5.69 Å². The Balaban J connectivity index is 2.30. The number of nitrogens with two attached hydrogens (primary N) is 1. The molecule has 0 atom stereocenters. The van der Waals surface area contributed by atoms with Crippen LogP contribution >= 0.6 is 0 Å². The topological polar surface area (TPSA) is 74.2 Å². The van der Waals surface area contributed by atoms with Crippen molar-refractivity contribution in [1.82, 2.24) is 15.3 Å². The SMILES string of the molecule is CN(CCc1ccc[nH]1)C(=O)NN. The van der Waals surface area contributed by atoms with Gasteiger partial charge in [0.1, 0.15) is 0 Å². The van der Waals surface area contributed by atoms with Gasteiger partial charge >= 0.3 is 6.03 Å². The molecule has 0 aliphatic carbocycles. The van der Waals surface area contributed by atoms with Crippen LogP contribution in [0.25, 0.3) is 0 Å². The van der Waals surface area contributed by atoms with Gasteiger partial charge in [-0.3, -0.25) is 5.43 Å². The van der Waals surface area contributed by atoms with Crippen LogP contribution in [-0.2, 0) is 6.42 Å². The van der Waals surface area contributed by atoms with Gasteiger partial charge in [0.15, 0.2) is 0 Å². The van der Waals surface area contributed by atoms with Gasteiger partial charge in [-0.25, -0.2) is 10.6 Å². The molecule has 0 aromatic carbocycles. The number of rotatable bonds is 3. The fraction of sp³-hybridized carbons (Fsp3) is 0.375. The number of carbonyl (C=O) groups is 1. The molecule has 0 spiro atoms. The van der Waals surface area contributed by atoms with E-state index in [0.717, 1.165) is 12.1 Å². The first-order valence-electron chi connectivity index (χ1n) is 4.08. The molecule has 1 aromatic rings. The Kier molecular flexibility index (Phi) is 3.33. The molecule has 0 bridgehead atoms. The standard InChI is InChI=1S/C8H14N4O/c1-12(8(13)11-9)6-4-7-3-2-5-10-7/h2-3,5,10H,4,6,9H2,1H3,(H,11,13). The Labute approximate surface area is 76.9 Å². The summed E-state index contributed by atoms with van der Waals surface area (Å²) in [5.41, 5.74) is 3.18. The highest BCUT2D eigenvalue weighted by Crippen LogP contribution is 1.96. The average Bonchev–Trinajstić information content (AvgIpc) is 2.65. The predicted octanol–water partition coefficient (Wildman–Crippen LogP) is 0.0723. The van der Waals surface area contributed by atoms with Crippen molar-refractivity contribution in [3.8, 4) is 0 Å². The predicted molar refractivity (Wildman–Crippen MR) is 49.8 cm³/mol. The molecule has 13 heavy (non-hydrogen) atoms. The van der Waals surface area contributed by atoms with Crippen LogP contribution in [0, 0.1) is 0 Å². The Hall–Kier alpha value is -1.49. The van der Waals surface area contributed by atoms with Crippen molar-refractivity contribution in [3.63, 3.8) is 0 Å². The zero-order chi connectivity index (χ0) is 9.68. The van der Waals surface area contributed by atoms with E-state index in [2.05, 4.69) is 10.4 Å². The van der Waals surface area contributed by atoms with E-state index in [1.807, 2.05) is 18.3 Å². The molecule has 0 saturated carbocycles. The van der Waals surface area contributed by atoms with Crippen molar-refractivity contribution in [2.45, 2.75) is 6.42 Å². The number of urea groups is 1. The lowest BCUT2D eigenvalue weighted by Gasteiger charge is -2.15. The molecular formula is C8H14N4O. The fourth-order valence-corrected chi connectivity index (χ4v) is 1.02. The van der Waals surface area contributed by atoms with Gasteiger partial charge in [-0.2, -0.15) is 0 Å². The van der Waals surface area contributed by atoms with E-state index in [-0.39, 0.29) is 6.03 Å². The molecule has 0 aliphatic heterocycles. The lowest BCUT2D eigenvalue weighted by atomic mass is 10.3. The number of aromatic nitrogens is 1. The second kappa shape index (κ2) is 4.51. The van der Waals surface area contributed by atoms with Crippen LogP contribution in [0.2, 0.25) is 0 Å². The number of hydrogen-bond donors (Lipinski definition) is 3. The Morgan fingerprint density at radius 2 is 2.54 bits per heavy atom. The second-order valence-corrected chi connectivity index (χ2v) is 2.82. The van der Waals surface area contributed by atoms with Gasteiger partial charge in [-0.15, -0.1) is 0 Å². The van der Waals surface area contributed by atoms with Crippen LogP contribution in [0.15, 0.2) is 18.3 Å². The van der Waals surface area contributed by atoms with E-state index in [1.165, 1.54) is 4.90 Å². The first-order valence-corrected chi connectivity index (χ1v) is 4.08. The summed E-state index contributed by atoms with van der Waals surface area (Å²) in [7, 11) is 1.70. The van der Waals surface area contributed by atoms with E-state index in [1.54, 1.807) is 7.05 Å². The maximum atomic E-state index is 11.0. The van der Waals surface area contributed by atoms with Crippen LogP contribution in [-0.4, -0.2) is 29.5 Å². The zero-order valence-corrected chi connectivity index (χ0v) is 7.58. The minimum atomic E-state index is -0.272. The third kappa shape index (κ3) is 2.79. The van der Waals surface area contributed by atoms with Crippen molar-refractivity contribution in [3.05, 3.63) is 24.0 Å². The first-order chi connectivity index (χ1) is 6.24. The molecule has 0 radical (unpaired) electrons. The molecule has 5 heteroatoms. The smallest absolute Gasteiger partial charge is 0.331 e. The summed E-state index contributed by atoms with van der Waals surface area (Å²) in [6.07, 6.45) is 2.66. The number of likely N-dealkylation sites (N-methyl/N-ethyl adjacent to an activating group) is 1. The lowest BCUT2D eigenvalue weighted by molar-refractivity contribution is 0.209. The summed E-state index contributed by atoms with van der Waals surface area (Å²) in [5.74, 6) is 4.97. The van der Waals surface area contributed by atoms with Crippen molar-refractivity contribution >= 4 is 6.03 Å². The monoisotopic (exact) mass is 182 g/mol. The highest BCUT2D eigenvalue weighted by molar-refractivity contribution is 5.73. The van der Waals surface area contributed by atoms with Gasteiger partial charge in [0.05, 0.1) is 0 Å². The molecule has 0 aliphatic rings. The summed E-state index contributed by atoms with van der Waals surface area (Å²) in [6, 6.07) is 3.64. The molecule has 2 amide bonds. The van der Waals surface area contributed by atoms with Gasteiger partial charge in [-0.1, -0.05) is 0 Å². The van der Waals surface area contributed by atoms with Crippen LogP contribution in [0.3, 0.4) is 0 Å². The maximum Gasteiger partial charge on any atom is 0.331 e. The summed E-state index contributed by atoms with van der Waals surface area (Å²) < 4.78 is 0. The number of nitrogens with zero attached hydrogens (tertiary/aromatic N) is 1. The third-order valence-electron chi connectivity index (χ3n) is 1.85. The van der Waals surface area contributed by atoms with Crippen LogP contribution in [0.4, 0.5) is 4.79 Å². The average molecular weight is 182 g/mol. The van der Waals surface area contributed by atoms with E-state index in [9.17, 15) is 4.79 Å². The second-order valence-electron chi connectivity index (χ2n) is 2.82. The van der Waals surface area contributed by atoms with Crippen molar-refractivity contribution in [2.75, 3.05) is 13.6 Å². The van der Waals surface area contributed by atoms with E-state index < -0.39 is 0 Å². The van der Waals surface area contributed by atoms with E-state index in [4.69, 9.17) is 5.84 Å². The minimum Gasteiger partial charge on any atom is -0.365 e. The molecule has 0 saturated heterocycles. The zero-order valence-electron chi connectivity index (χ0n) is 7.58. The van der Waals surface area contributed by atoms with E-state index in [0.29, 0.717) is 6.54 Å². The number of hydrogen-bond acceptors (Lipinski definition) is 2. The Morgan fingerprint density at radius 3 is 3.08 bits per heavy atom. The lowest BCUT2D eigenvalue weighted by Crippen LogP contribution is -2.41. The summed E-state index contributed by atoms with van der Waals surface area (Å²) >= 11 is 0. The molecular weight excluding hydrogens is 168 g/mol. The molecule has 72 valence electrons. The maximum absolute atomic E-state index is 11.0. The molecule has 5 nitrogen and oxygen atoms in total. The van der Waals surface area contributed by atoms with E-state index >= 15 is 0 Å². The molecule has 4 N–H and O–H groups in total. The van der Waals surface area contributed by atoms with Crippen LogP contribution < -0.4 is 11.3 Å². The molecule has 0 unspecified atom stereocenters. The third-order valence-corrected chi connectivity index (χ3v) is 1.85. The largest absolute Gasteiger partial charge is 0.365 e. The van der Waals surface area contributed by atoms with Crippen molar-refractivity contribution in [1.29, 1.82) is 0 Å². The number of aromatic amines is 1. The molecule has 1 heterocycles. The number of hydrazine groups is 1. The Bertz CT molecular complexity index is 257. The van der Waals surface area contributed by atoms with Crippen LogP contribution in [0.5, 0.6) is 0 Å². The summed E-state index contributed by atoms with van der Waals surface area (Å²) in [6.45, 7) is 0.642. The minimum absolute atomic E-state index is 0.272. The quantitative estimate of drug-likeness (QED) is 0.351. The molecule has 1 rings (SSSR count). The molecule has 0 fully saturated rings. The summed E-state index contributed by atoms with van der Waals surface area (Å²) in [5, 5.41) is 0. The number of carbonyl (C=O) groups excluding carboxylic acids is 1. The highest BCUT2D eigenvalue weighted by Gasteiger charge is 2.05. The van der Waals surface area contributed by atoms with Gasteiger partial charge in [-0.05, 0) is 12.1 Å². The van der Waals surface area contributed by atoms with Gasteiger partial charge in [0.25, 0.3) is 0 Å². The summed E-state index contributed by atoms with van der Waals surface area (Å²) in [4.78, 5) is 15.5. The van der Waals surface area contributed by atoms with Gasteiger partial charge in [0, 0.05) is 31.9 Å². The number of H-pyrrole nitrogens is 1. The molecule has 1 aromatic heterocycles. The fourth-order valence-electron chi connectivity index (χ4n) is 1.02.